The van der Waals surface area contributed by atoms with Crippen molar-refractivity contribution in [1.82, 2.24) is 30.1 Å². The molecule has 1 aliphatic heterocycles. The second kappa shape index (κ2) is 9.16. The molecule has 2 amide bonds. The fourth-order valence-electron chi connectivity index (χ4n) is 3.07. The number of hydrogen-bond acceptors (Lipinski definition) is 5. The maximum absolute atomic E-state index is 12.6. The molecule has 1 saturated heterocycles. The lowest BCUT2D eigenvalue weighted by Crippen LogP contribution is -2.49. The van der Waals surface area contributed by atoms with Crippen LogP contribution in [0.25, 0.3) is 0 Å². The van der Waals surface area contributed by atoms with Crippen LogP contribution in [0.3, 0.4) is 0 Å². The lowest BCUT2D eigenvalue weighted by atomic mass is 10.2. The number of hydrogen-bond donors (Lipinski definition) is 1. The molecule has 0 unspecified atom stereocenters. The van der Waals surface area contributed by atoms with Gasteiger partial charge in [0.05, 0.1) is 23.3 Å². The predicted octanol–water partition coefficient (Wildman–Crippen LogP) is 1.53. The fraction of sp³-hybridized carbons (Fsp3) is 0.474. The number of piperazine rings is 1. The molecule has 9 heteroatoms. The van der Waals surface area contributed by atoms with E-state index in [9.17, 15) is 9.59 Å². The van der Waals surface area contributed by atoms with Crippen LogP contribution in [0.1, 0.15) is 34.7 Å². The van der Waals surface area contributed by atoms with E-state index in [-0.39, 0.29) is 17.9 Å². The van der Waals surface area contributed by atoms with Crippen molar-refractivity contribution in [3.05, 3.63) is 46.7 Å². The van der Waals surface area contributed by atoms with Gasteiger partial charge >= 0.3 is 0 Å². The van der Waals surface area contributed by atoms with Crippen molar-refractivity contribution in [1.29, 1.82) is 0 Å². The molecule has 0 aliphatic carbocycles. The van der Waals surface area contributed by atoms with Crippen LogP contribution < -0.4 is 5.32 Å². The minimum atomic E-state index is -0.215. The number of rotatable bonds is 6. The summed E-state index contributed by atoms with van der Waals surface area (Å²) in [5, 5.41) is 11.2. The van der Waals surface area contributed by atoms with Crippen LogP contribution >= 0.6 is 11.6 Å². The molecule has 3 rings (SSSR count). The van der Waals surface area contributed by atoms with Crippen LogP contribution in [0, 0.1) is 0 Å². The first-order valence-electron chi connectivity index (χ1n) is 9.41. The Kier molecular flexibility index (Phi) is 6.64. The molecule has 0 saturated carbocycles. The van der Waals surface area contributed by atoms with Gasteiger partial charge in [0, 0.05) is 38.8 Å². The molecule has 8 nitrogen and oxygen atoms in total. The monoisotopic (exact) mass is 404 g/mol. The van der Waals surface area contributed by atoms with E-state index in [1.807, 2.05) is 30.9 Å². The first kappa shape index (κ1) is 20.3. The summed E-state index contributed by atoms with van der Waals surface area (Å²) in [5.74, 6) is -0.240. The Morgan fingerprint density at radius 3 is 2.54 bits per heavy atom. The van der Waals surface area contributed by atoms with E-state index in [4.69, 9.17) is 11.6 Å². The molecular formula is C19H25ClN6O2. The van der Waals surface area contributed by atoms with Crippen molar-refractivity contribution in [2.45, 2.75) is 26.4 Å². The highest BCUT2D eigenvalue weighted by molar-refractivity contribution is 6.33. The smallest absolute Gasteiger partial charge is 0.273 e. The average molecular weight is 405 g/mol. The van der Waals surface area contributed by atoms with Gasteiger partial charge in [-0.15, -0.1) is 5.10 Å². The van der Waals surface area contributed by atoms with Gasteiger partial charge in [-0.2, -0.15) is 0 Å². The quantitative estimate of drug-likeness (QED) is 0.789. The number of aromatic nitrogens is 3. The normalized spacial score (nSPS) is 15.1. The van der Waals surface area contributed by atoms with Gasteiger partial charge in [-0.1, -0.05) is 28.9 Å². The van der Waals surface area contributed by atoms with Gasteiger partial charge in [0.2, 0.25) is 0 Å². The maximum Gasteiger partial charge on any atom is 0.273 e. The van der Waals surface area contributed by atoms with Gasteiger partial charge < -0.3 is 10.2 Å². The van der Waals surface area contributed by atoms with E-state index in [0.717, 1.165) is 19.6 Å². The SMILES string of the molecule is CC(C)NC(=O)c1cn(CCN2CCN(C(=O)c3ccccc3Cl)CC2)nn1. The summed E-state index contributed by atoms with van der Waals surface area (Å²) in [5.41, 5.74) is 0.872. The van der Waals surface area contributed by atoms with Crippen LogP contribution in [0.5, 0.6) is 0 Å². The van der Waals surface area contributed by atoms with E-state index in [2.05, 4.69) is 20.5 Å². The van der Waals surface area contributed by atoms with E-state index >= 15 is 0 Å². The minimum Gasteiger partial charge on any atom is -0.348 e. The molecule has 1 aromatic carbocycles. The number of nitrogens with one attached hydrogen (secondary N) is 1. The molecule has 1 aromatic heterocycles. The standard InChI is InChI=1S/C19H25ClN6O2/c1-14(2)21-18(27)17-13-26(23-22-17)12-9-24-7-10-25(11-8-24)19(28)15-5-3-4-6-16(15)20/h3-6,13-14H,7-12H2,1-2H3,(H,21,27). The van der Waals surface area contributed by atoms with Crippen LogP contribution in [0.4, 0.5) is 0 Å². The molecule has 28 heavy (non-hydrogen) atoms. The molecular weight excluding hydrogens is 380 g/mol. The first-order valence-corrected chi connectivity index (χ1v) is 9.79. The summed E-state index contributed by atoms with van der Waals surface area (Å²) in [6, 6.07) is 7.19. The number of carbonyl (C=O) groups excluding carboxylic acids is 2. The summed E-state index contributed by atoms with van der Waals surface area (Å²) in [4.78, 5) is 28.6. The van der Waals surface area contributed by atoms with E-state index in [1.54, 1.807) is 23.0 Å². The largest absolute Gasteiger partial charge is 0.348 e. The Labute approximate surface area is 169 Å². The van der Waals surface area contributed by atoms with E-state index < -0.39 is 0 Å². The van der Waals surface area contributed by atoms with Crippen molar-refractivity contribution in [2.24, 2.45) is 0 Å². The highest BCUT2D eigenvalue weighted by Gasteiger charge is 2.23. The Bertz CT molecular complexity index is 829. The zero-order valence-electron chi connectivity index (χ0n) is 16.1. The Hall–Kier alpha value is -2.45. The molecule has 0 radical (unpaired) electrons. The highest BCUT2D eigenvalue weighted by atomic mass is 35.5. The van der Waals surface area contributed by atoms with Gasteiger partial charge in [0.25, 0.3) is 11.8 Å². The summed E-state index contributed by atoms with van der Waals surface area (Å²) in [6.07, 6.45) is 1.66. The van der Waals surface area contributed by atoms with Crippen molar-refractivity contribution in [3.63, 3.8) is 0 Å². The Balaban J connectivity index is 1.46. The summed E-state index contributed by atoms with van der Waals surface area (Å²) in [6.45, 7) is 8.10. The highest BCUT2D eigenvalue weighted by Crippen LogP contribution is 2.18. The second-order valence-electron chi connectivity index (χ2n) is 7.11. The summed E-state index contributed by atoms with van der Waals surface area (Å²) >= 11 is 6.13. The van der Waals surface area contributed by atoms with Gasteiger partial charge in [-0.3, -0.25) is 19.2 Å². The zero-order chi connectivity index (χ0) is 20.1. The number of benzene rings is 1. The number of carbonyl (C=O) groups is 2. The average Bonchev–Trinajstić information content (AvgIpc) is 3.15. The van der Waals surface area contributed by atoms with Gasteiger partial charge in [-0.05, 0) is 26.0 Å². The Morgan fingerprint density at radius 2 is 1.86 bits per heavy atom. The minimum absolute atomic E-state index is 0.0256. The third-order valence-corrected chi connectivity index (χ3v) is 4.93. The van der Waals surface area contributed by atoms with Gasteiger partial charge in [-0.25, -0.2) is 0 Å². The van der Waals surface area contributed by atoms with Gasteiger partial charge in [0.15, 0.2) is 5.69 Å². The molecule has 0 spiro atoms. The fourth-order valence-corrected chi connectivity index (χ4v) is 3.29. The van der Waals surface area contributed by atoms with Crippen LogP contribution in [-0.2, 0) is 6.54 Å². The van der Waals surface area contributed by atoms with Gasteiger partial charge in [0.1, 0.15) is 0 Å². The maximum atomic E-state index is 12.6. The Morgan fingerprint density at radius 1 is 1.14 bits per heavy atom. The van der Waals surface area contributed by atoms with Crippen molar-refractivity contribution < 1.29 is 9.59 Å². The molecule has 150 valence electrons. The van der Waals surface area contributed by atoms with Crippen molar-refractivity contribution in [2.75, 3.05) is 32.7 Å². The first-order chi connectivity index (χ1) is 13.4. The molecule has 0 atom stereocenters. The van der Waals surface area contributed by atoms with E-state index in [0.29, 0.717) is 35.9 Å². The number of nitrogens with zero attached hydrogens (tertiary/aromatic N) is 5. The summed E-state index contributed by atoms with van der Waals surface area (Å²) < 4.78 is 1.68. The van der Waals surface area contributed by atoms with Crippen molar-refractivity contribution in [3.8, 4) is 0 Å². The second-order valence-corrected chi connectivity index (χ2v) is 7.52. The third-order valence-electron chi connectivity index (χ3n) is 4.60. The van der Waals surface area contributed by atoms with Crippen LogP contribution in [-0.4, -0.2) is 75.4 Å². The van der Waals surface area contributed by atoms with Crippen LogP contribution in [0.2, 0.25) is 5.02 Å². The van der Waals surface area contributed by atoms with E-state index in [1.165, 1.54) is 0 Å². The molecule has 1 fully saturated rings. The predicted molar refractivity (Wildman–Crippen MR) is 106 cm³/mol. The number of amides is 2. The zero-order valence-corrected chi connectivity index (χ0v) is 16.9. The lowest BCUT2D eigenvalue weighted by molar-refractivity contribution is 0.0632. The molecule has 1 aliphatic rings. The number of halogens is 1. The molecule has 2 aromatic rings. The summed E-state index contributed by atoms with van der Waals surface area (Å²) in [7, 11) is 0. The third kappa shape index (κ3) is 5.08. The van der Waals surface area contributed by atoms with Crippen LogP contribution in [0.15, 0.2) is 30.5 Å². The van der Waals surface area contributed by atoms with Crippen molar-refractivity contribution >= 4 is 23.4 Å². The topological polar surface area (TPSA) is 83.4 Å². The molecule has 1 N–H and O–H groups in total. The molecule has 2 heterocycles. The molecule has 0 bridgehead atoms. The lowest BCUT2D eigenvalue weighted by Gasteiger charge is -2.34.